The maximum absolute atomic E-state index is 14.1. The number of phenols is 1. The van der Waals surface area contributed by atoms with E-state index in [9.17, 15) is 67.4 Å². The number of phenolic OH excluding ortho intramolecular Hbond substituents is 1. The number of hydrogen-bond acceptors (Lipinski definition) is 16. The lowest BCUT2D eigenvalue weighted by Gasteiger charge is -2.17. The zero-order valence-corrected chi connectivity index (χ0v) is 67.6. The van der Waals surface area contributed by atoms with Crippen LogP contribution in [-0.4, -0.2) is 158 Å². The number of carbonyl (C=O) groups excluding carboxylic acids is 13. The molecule has 8 amide bonds. The van der Waals surface area contributed by atoms with E-state index in [2.05, 4.69) is 52.2 Å². The number of aromatic amines is 1. The second kappa shape index (κ2) is 35.1. The van der Waals surface area contributed by atoms with Crippen LogP contribution in [0.1, 0.15) is 174 Å². The Labute approximate surface area is 686 Å². The second-order valence-electron chi connectivity index (χ2n) is 29.9. The lowest BCUT2D eigenvalue weighted by Crippen LogP contribution is -2.30. The van der Waals surface area contributed by atoms with Gasteiger partial charge in [-0.05, 0) is 94.6 Å². The topological polar surface area (TPSA) is 411 Å². The van der Waals surface area contributed by atoms with Crippen molar-refractivity contribution in [1.82, 2.24) is 62.1 Å². The Kier molecular flexibility index (Phi) is 24.4. The smallest absolute Gasteiger partial charge is 0.291 e. The van der Waals surface area contributed by atoms with E-state index in [1.54, 1.807) is 124 Å². The Morgan fingerprint density at radius 3 is 1.48 bits per heavy atom. The number of halogens is 1. The lowest BCUT2D eigenvalue weighted by atomic mass is 9.95. The van der Waals surface area contributed by atoms with Crippen LogP contribution in [0.3, 0.4) is 0 Å². The van der Waals surface area contributed by atoms with Crippen molar-refractivity contribution in [1.29, 1.82) is 0 Å². The van der Waals surface area contributed by atoms with E-state index >= 15 is 0 Å². The van der Waals surface area contributed by atoms with Crippen LogP contribution in [-0.2, 0) is 101 Å². The number of aromatic nitrogens is 11. The fraction of sp³-hybridized carbons (Fsp3) is 0.282. The number of nitrogens with one attached hydrogen (secondary N) is 8. The van der Waals surface area contributed by atoms with Gasteiger partial charge in [-0.2, -0.15) is 0 Å². The highest BCUT2D eigenvalue weighted by Crippen LogP contribution is 2.46. The first-order valence-corrected chi connectivity index (χ1v) is 38.8. The van der Waals surface area contributed by atoms with Gasteiger partial charge in [-0.25, -0.2) is 9.97 Å². The number of aromatic hydroxyl groups is 1. The maximum atomic E-state index is 14.1. The summed E-state index contributed by atoms with van der Waals surface area (Å²) in [6, 6.07) is 25.9. The predicted molar refractivity (Wildman–Crippen MR) is 445 cm³/mol. The number of ketones is 5. The lowest BCUT2D eigenvalue weighted by molar-refractivity contribution is -0.119. The molecule has 0 radical (unpaired) electrons. The summed E-state index contributed by atoms with van der Waals surface area (Å²) in [5.74, 6) is -4.17. The number of Topliss-reactive ketones (excluding diaryl/α,β-unsaturated/α-hetero) is 5. The van der Waals surface area contributed by atoms with Crippen molar-refractivity contribution in [3.63, 3.8) is 0 Å². The van der Waals surface area contributed by atoms with Crippen molar-refractivity contribution < 1.29 is 67.4 Å². The minimum Gasteiger partial charge on any atom is -0.507 e. The molecule has 1 aliphatic heterocycles. The number of imidazole rings is 2. The normalized spacial score (nSPS) is 12.4. The van der Waals surface area contributed by atoms with E-state index in [1.165, 1.54) is 78.9 Å². The van der Waals surface area contributed by atoms with Crippen molar-refractivity contribution in [2.75, 3.05) is 57.0 Å². The molecule has 614 valence electrons. The molecule has 0 saturated carbocycles. The molecule has 33 nitrogen and oxygen atoms in total. The van der Waals surface area contributed by atoms with Crippen LogP contribution in [0.2, 0.25) is 0 Å². The number of rotatable bonds is 34. The molecule has 10 heterocycles. The van der Waals surface area contributed by atoms with Crippen LogP contribution in [0.25, 0.3) is 21.7 Å². The highest BCUT2D eigenvalue weighted by atomic mass is 35.5. The first-order chi connectivity index (χ1) is 56.8. The minimum atomic E-state index is -0.641. The average molecular weight is 1640 g/mol. The fourth-order valence-corrected chi connectivity index (χ4v) is 15.3. The van der Waals surface area contributed by atoms with Crippen LogP contribution in [0, 0.1) is 0 Å². The van der Waals surface area contributed by atoms with E-state index in [1.807, 2.05) is 42.5 Å². The van der Waals surface area contributed by atoms with E-state index < -0.39 is 35.4 Å². The van der Waals surface area contributed by atoms with E-state index in [-0.39, 0.29) is 163 Å². The number of fused-ring (bicyclic) bond motifs is 4. The molecule has 0 bridgehead atoms. The molecule has 34 heteroatoms. The molecule has 13 rings (SSSR count). The summed E-state index contributed by atoms with van der Waals surface area (Å²) in [7, 11) is 13.2. The Balaban J connectivity index is 0.497. The van der Waals surface area contributed by atoms with Gasteiger partial charge >= 0.3 is 0 Å². The third-order valence-electron chi connectivity index (χ3n) is 20.7. The van der Waals surface area contributed by atoms with Crippen molar-refractivity contribution in [3.8, 4) is 5.75 Å². The third-order valence-corrected chi connectivity index (χ3v) is 21.1. The van der Waals surface area contributed by atoms with Crippen LogP contribution < -0.4 is 42.1 Å². The number of amides is 8. The predicted octanol–water partition coefficient (Wildman–Crippen LogP) is 9.32. The number of H-pyrrole nitrogens is 1. The number of carbonyl (C=O) groups is 13. The van der Waals surface area contributed by atoms with Crippen LogP contribution in [0.4, 0.5) is 34.4 Å². The Hall–Kier alpha value is -14.2. The number of hydrogen-bond donors (Lipinski definition) is 9. The molecule has 9 aromatic heterocycles. The van der Waals surface area contributed by atoms with Crippen molar-refractivity contribution in [2.24, 2.45) is 56.4 Å². The summed E-state index contributed by atoms with van der Waals surface area (Å²) in [6.07, 6.45) is 13.7. The number of anilines is 6. The second-order valence-corrected chi connectivity index (χ2v) is 30.2. The van der Waals surface area contributed by atoms with Gasteiger partial charge in [0.15, 0.2) is 29.0 Å². The Morgan fingerprint density at radius 1 is 0.454 bits per heavy atom. The van der Waals surface area contributed by atoms with Gasteiger partial charge in [-0.1, -0.05) is 36.4 Å². The highest BCUT2D eigenvalue weighted by molar-refractivity contribution is 6.19. The van der Waals surface area contributed by atoms with Crippen LogP contribution >= 0.6 is 11.6 Å². The molecule has 3 aromatic carbocycles. The monoisotopic (exact) mass is 1630 g/mol. The standard InChI is InChI=1S/C85H88ClN19O14/c1-47(106)89-74-45-103(8)78(95-74)83(117)92-56-35-69(102(7)44-56)82(116)90-54-33-68(100(5)42-54)81(115)88-23-21-76(113)94-75-46-104(9)79(96-75)84(118)91-55-34-67(101(6)43-55)80(114)87-22-13-15-58(108)25-50-28-65(99(4)39-50)73(112)31-51-29-63(97(2)40-51)70(109)18-12-14-57(107)24-49-27-64(98(3)38-49)72(111)30-48-19-20-52-32-62(93-61(52)26-48)85(119)105-41-53(37-86)77-60-17-11-10-16-59(60)71(110)36-66(77)105/h10-11,16-17,19-20,26-29,32-36,38-40,42-46,53,93,110H,12-15,18,21-25,30-31,37,41H2,1-9H3,(H,87,114)(H,88,115)(H,89,106)(H,90,116)(H,91,118)(H,92,117)(H,94,113). The van der Waals surface area contributed by atoms with Crippen LogP contribution in [0.5, 0.6) is 5.75 Å². The molecule has 9 N–H and O–H groups in total. The minimum absolute atomic E-state index is 0.00900. The molecule has 1 unspecified atom stereocenters. The molecular weight excluding hydrogens is 1550 g/mol. The summed E-state index contributed by atoms with van der Waals surface area (Å²) in [6.45, 7) is 1.75. The quantitative estimate of drug-likeness (QED) is 0.0103. The zero-order valence-electron chi connectivity index (χ0n) is 66.8. The van der Waals surface area contributed by atoms with Gasteiger partial charge in [0.25, 0.3) is 35.4 Å². The zero-order chi connectivity index (χ0) is 84.9. The average Bonchev–Trinajstić information content (AvgIpc) is 1.58. The first-order valence-electron chi connectivity index (χ1n) is 38.3. The first kappa shape index (κ1) is 82.7. The van der Waals surface area contributed by atoms with Gasteiger partial charge in [-0.15, -0.1) is 11.6 Å². The number of benzene rings is 3. The third kappa shape index (κ3) is 18.8. The fourth-order valence-electron chi connectivity index (χ4n) is 15.0. The van der Waals surface area contributed by atoms with Gasteiger partial charge in [0.2, 0.25) is 23.5 Å². The molecule has 12 aromatic rings. The van der Waals surface area contributed by atoms with Gasteiger partial charge in [0, 0.05) is 218 Å². The van der Waals surface area contributed by atoms with Crippen molar-refractivity contribution in [2.45, 2.75) is 77.0 Å². The highest BCUT2D eigenvalue weighted by Gasteiger charge is 2.36. The summed E-state index contributed by atoms with van der Waals surface area (Å²) >= 11 is 6.44. The SMILES string of the molecule is CC(=O)Nc1cn(C)c(C(=O)Nc2cc(C(=O)Nc3cc(C(=O)NCCC(=O)Nc4cn(C)c(C(=O)Nc5cc(C(=O)NCCCC(=O)Cc6cc(C(=O)Cc7cc(C(=O)CCCC(=O)Cc8cc(C(=O)Cc9ccc%10cc(C(=O)N%11CC(CCl)c%12c%11cc(O)c%11ccccc%12%11)[nH]c%10c9)n(C)c8)n(C)c7)n(C)c6)n(C)c5)n4)n(C)c3)n(C)c2)n1. The Bertz CT molecular complexity index is 6120. The molecule has 0 aliphatic carbocycles. The summed E-state index contributed by atoms with van der Waals surface area (Å²) in [5.41, 5.74) is 7.88. The maximum Gasteiger partial charge on any atom is 0.291 e. The molecule has 1 aliphatic rings. The molecule has 119 heavy (non-hydrogen) atoms. The number of nitrogens with zero attached hydrogens (tertiary/aromatic N) is 11. The molecule has 0 fully saturated rings. The summed E-state index contributed by atoms with van der Waals surface area (Å²) < 4.78 is 12.4. The Morgan fingerprint density at radius 2 is 0.933 bits per heavy atom. The van der Waals surface area contributed by atoms with Gasteiger partial charge in [0.05, 0.1) is 39.8 Å². The van der Waals surface area contributed by atoms with Gasteiger partial charge in [-0.3, -0.25) is 62.3 Å². The molecular formula is C85H88ClN19O14. The van der Waals surface area contributed by atoms with Gasteiger partial charge < -0.3 is 88.7 Å². The van der Waals surface area contributed by atoms with E-state index in [0.717, 1.165) is 21.9 Å². The number of alkyl halides is 1. The van der Waals surface area contributed by atoms with Crippen molar-refractivity contribution >= 4 is 144 Å². The number of aryl methyl sites for hydroxylation is 8. The van der Waals surface area contributed by atoms with E-state index in [4.69, 9.17) is 11.6 Å². The largest absolute Gasteiger partial charge is 0.507 e. The van der Waals surface area contributed by atoms with Gasteiger partial charge in [0.1, 0.15) is 40.1 Å². The van der Waals surface area contributed by atoms with Crippen molar-refractivity contribution in [3.05, 3.63) is 220 Å². The summed E-state index contributed by atoms with van der Waals surface area (Å²) in [4.78, 5) is 186. The molecule has 1 atom stereocenters. The molecule has 0 saturated heterocycles. The van der Waals surface area contributed by atoms with E-state index in [0.29, 0.717) is 92.7 Å². The van der Waals surface area contributed by atoms with Crippen LogP contribution in [0.15, 0.2) is 141 Å². The molecule has 0 spiro atoms. The summed E-state index contributed by atoms with van der Waals surface area (Å²) in [5, 5.41) is 32.0.